The first-order valence-electron chi connectivity index (χ1n) is 10.7. The molecule has 1 aliphatic carbocycles. The minimum atomic E-state index is -0.533. The van der Waals surface area contributed by atoms with Crippen molar-refractivity contribution in [2.24, 2.45) is 5.92 Å². The number of aromatic hydroxyl groups is 1. The molecule has 0 radical (unpaired) electrons. The van der Waals surface area contributed by atoms with Crippen LogP contribution in [0, 0.1) is 5.92 Å². The Balaban J connectivity index is 1.55. The second kappa shape index (κ2) is 8.99. The Hall–Kier alpha value is -1.79. The molecule has 4 rings (SSSR count). The number of aliphatic hydroxyl groups is 1. The molecule has 2 fully saturated rings. The Labute approximate surface area is 193 Å². The number of phenolic OH excluding ortho intramolecular Hbond substituents is 1. The van der Waals surface area contributed by atoms with Gasteiger partial charge < -0.3 is 20.4 Å². The van der Waals surface area contributed by atoms with E-state index in [1.807, 2.05) is 18.2 Å². The van der Waals surface area contributed by atoms with Crippen molar-refractivity contribution in [1.29, 1.82) is 0 Å². The van der Waals surface area contributed by atoms with Crippen molar-refractivity contribution in [2.75, 3.05) is 20.1 Å². The van der Waals surface area contributed by atoms with Crippen LogP contribution in [0.2, 0.25) is 10.0 Å². The fourth-order valence-corrected chi connectivity index (χ4v) is 5.74. The monoisotopic (exact) mass is 462 g/mol. The molecule has 3 unspecified atom stereocenters. The summed E-state index contributed by atoms with van der Waals surface area (Å²) in [7, 11) is 2.07. The molecule has 0 aromatic heterocycles. The minimum absolute atomic E-state index is 0.0521. The van der Waals surface area contributed by atoms with E-state index in [1.165, 1.54) is 0 Å². The van der Waals surface area contributed by atoms with Gasteiger partial charge in [-0.25, -0.2) is 0 Å². The van der Waals surface area contributed by atoms with E-state index in [4.69, 9.17) is 23.2 Å². The number of hydrogen-bond donors (Lipinski definition) is 3. The molecule has 0 spiro atoms. The van der Waals surface area contributed by atoms with Gasteiger partial charge in [0.2, 0.25) is 5.91 Å². The molecule has 166 valence electrons. The maximum Gasteiger partial charge on any atom is 0.224 e. The molecule has 2 aromatic rings. The number of rotatable bonds is 4. The third-order valence-corrected chi connectivity index (χ3v) is 7.63. The van der Waals surface area contributed by atoms with Gasteiger partial charge in [-0.2, -0.15) is 0 Å². The molecule has 7 heteroatoms. The molecule has 2 aromatic carbocycles. The first-order valence-corrected chi connectivity index (χ1v) is 11.4. The Morgan fingerprint density at radius 2 is 2.03 bits per heavy atom. The molecule has 1 heterocycles. The zero-order chi connectivity index (χ0) is 22.2. The average molecular weight is 463 g/mol. The number of amides is 1. The van der Waals surface area contributed by atoms with Crippen LogP contribution in [0.5, 0.6) is 5.75 Å². The van der Waals surface area contributed by atoms with Crippen LogP contribution in [0.25, 0.3) is 0 Å². The summed E-state index contributed by atoms with van der Waals surface area (Å²) in [6, 6.07) is 12.4. The normalized spacial score (nSPS) is 28.7. The van der Waals surface area contributed by atoms with Crippen LogP contribution in [-0.4, -0.2) is 53.3 Å². The first-order chi connectivity index (χ1) is 14.8. The lowest BCUT2D eigenvalue weighted by Gasteiger charge is -2.54. The number of nitrogens with zero attached hydrogens (tertiary/aromatic N) is 1. The highest BCUT2D eigenvalue weighted by atomic mass is 35.5. The molecule has 1 saturated heterocycles. The summed E-state index contributed by atoms with van der Waals surface area (Å²) in [4.78, 5) is 15.0. The summed E-state index contributed by atoms with van der Waals surface area (Å²) in [5.74, 6) is 0.175. The van der Waals surface area contributed by atoms with E-state index in [2.05, 4.69) is 17.3 Å². The molecule has 1 saturated carbocycles. The van der Waals surface area contributed by atoms with Crippen molar-refractivity contribution in [3.8, 4) is 5.75 Å². The third kappa shape index (κ3) is 4.70. The molecule has 1 amide bonds. The molecule has 5 nitrogen and oxygen atoms in total. The Bertz CT molecular complexity index is 970. The van der Waals surface area contributed by atoms with Gasteiger partial charge in [-0.15, -0.1) is 0 Å². The summed E-state index contributed by atoms with van der Waals surface area (Å²) in [5.41, 5.74) is 1.54. The maximum absolute atomic E-state index is 12.8. The van der Waals surface area contributed by atoms with E-state index in [0.29, 0.717) is 16.5 Å². The van der Waals surface area contributed by atoms with Gasteiger partial charge in [0.15, 0.2) is 0 Å². The highest BCUT2D eigenvalue weighted by molar-refractivity contribution is 6.42. The molecular weight excluding hydrogens is 435 g/mol. The summed E-state index contributed by atoms with van der Waals surface area (Å²) in [6.45, 7) is 1.70. The fraction of sp³-hybridized carbons (Fsp3) is 0.458. The smallest absolute Gasteiger partial charge is 0.224 e. The van der Waals surface area contributed by atoms with Crippen molar-refractivity contribution in [3.05, 3.63) is 63.6 Å². The SMILES string of the molecule is CN1CCC2(c3cccc(O)c3)C[C@H](NC(=O)Cc3ccc(Cl)c(Cl)c3)CC(O)C2C1. The van der Waals surface area contributed by atoms with Gasteiger partial charge in [0, 0.05) is 23.9 Å². The molecule has 1 aliphatic heterocycles. The lowest BCUT2D eigenvalue weighted by Crippen LogP contribution is -2.60. The Kier molecular flexibility index (Phi) is 6.50. The first kappa shape index (κ1) is 22.4. The number of fused-ring (bicyclic) bond motifs is 1. The standard InChI is InChI=1S/C24H28Cl2N2O3/c1-28-8-7-24(16-3-2-4-18(29)11-16)13-17(12-22(30)19(24)14-28)27-23(31)10-15-5-6-20(25)21(26)9-15/h2-6,9,11,17,19,22,29-30H,7-8,10,12-14H2,1H3,(H,27,31)/t17-,19?,22?,24?/m1/s1. The predicted molar refractivity (Wildman–Crippen MR) is 123 cm³/mol. The highest BCUT2D eigenvalue weighted by Gasteiger charge is 2.51. The number of piperidine rings is 1. The van der Waals surface area contributed by atoms with Gasteiger partial charge in [0.1, 0.15) is 5.75 Å². The summed E-state index contributed by atoms with van der Waals surface area (Å²) < 4.78 is 0. The number of hydrogen-bond acceptors (Lipinski definition) is 4. The number of halogens is 2. The molecule has 2 aliphatic rings. The third-order valence-electron chi connectivity index (χ3n) is 6.89. The molecule has 31 heavy (non-hydrogen) atoms. The van der Waals surface area contributed by atoms with Crippen LogP contribution >= 0.6 is 23.2 Å². The Morgan fingerprint density at radius 3 is 2.77 bits per heavy atom. The number of aliphatic hydroxyl groups excluding tert-OH is 1. The summed E-state index contributed by atoms with van der Waals surface area (Å²) in [6.07, 6.45) is 1.79. The van der Waals surface area contributed by atoms with Crippen LogP contribution in [-0.2, 0) is 16.6 Å². The number of benzene rings is 2. The second-order valence-corrected chi connectivity index (χ2v) is 9.84. The van der Waals surface area contributed by atoms with Gasteiger partial charge in [0.25, 0.3) is 0 Å². The minimum Gasteiger partial charge on any atom is -0.508 e. The van der Waals surface area contributed by atoms with Crippen molar-refractivity contribution in [2.45, 2.75) is 43.2 Å². The van der Waals surface area contributed by atoms with E-state index in [0.717, 1.165) is 37.1 Å². The van der Waals surface area contributed by atoms with Gasteiger partial charge in [-0.1, -0.05) is 41.4 Å². The van der Waals surface area contributed by atoms with Crippen molar-refractivity contribution >= 4 is 29.1 Å². The quantitative estimate of drug-likeness (QED) is 0.646. The van der Waals surface area contributed by atoms with Gasteiger partial charge in [-0.3, -0.25) is 4.79 Å². The summed E-state index contributed by atoms with van der Waals surface area (Å²) in [5, 5.41) is 25.2. The molecule has 3 N–H and O–H groups in total. The van der Waals surface area contributed by atoms with Crippen LogP contribution in [0.3, 0.4) is 0 Å². The van der Waals surface area contributed by atoms with E-state index < -0.39 is 6.10 Å². The van der Waals surface area contributed by atoms with Crippen LogP contribution < -0.4 is 5.32 Å². The van der Waals surface area contributed by atoms with E-state index in [1.54, 1.807) is 24.3 Å². The van der Waals surface area contributed by atoms with Gasteiger partial charge >= 0.3 is 0 Å². The zero-order valence-corrected chi connectivity index (χ0v) is 19.0. The zero-order valence-electron chi connectivity index (χ0n) is 17.5. The summed E-state index contributed by atoms with van der Waals surface area (Å²) >= 11 is 12.0. The topological polar surface area (TPSA) is 72.8 Å². The van der Waals surface area contributed by atoms with Crippen LogP contribution in [0.1, 0.15) is 30.4 Å². The Morgan fingerprint density at radius 1 is 1.23 bits per heavy atom. The van der Waals surface area contributed by atoms with E-state index in [-0.39, 0.29) is 35.5 Å². The maximum atomic E-state index is 12.8. The molecular formula is C24H28Cl2N2O3. The number of phenols is 1. The van der Waals surface area contributed by atoms with Gasteiger partial charge in [-0.05, 0) is 68.2 Å². The van der Waals surface area contributed by atoms with Crippen molar-refractivity contribution in [3.63, 3.8) is 0 Å². The fourth-order valence-electron chi connectivity index (χ4n) is 5.42. The van der Waals surface area contributed by atoms with Crippen molar-refractivity contribution < 1.29 is 15.0 Å². The molecule has 4 atom stereocenters. The lowest BCUT2D eigenvalue weighted by atomic mass is 9.57. The van der Waals surface area contributed by atoms with Crippen LogP contribution in [0.15, 0.2) is 42.5 Å². The predicted octanol–water partition coefficient (Wildman–Crippen LogP) is 3.77. The largest absolute Gasteiger partial charge is 0.508 e. The van der Waals surface area contributed by atoms with E-state index >= 15 is 0 Å². The number of carbonyl (C=O) groups is 1. The number of likely N-dealkylation sites (tertiary alicyclic amines) is 1. The van der Waals surface area contributed by atoms with Crippen molar-refractivity contribution in [1.82, 2.24) is 10.2 Å². The van der Waals surface area contributed by atoms with E-state index in [9.17, 15) is 15.0 Å². The number of nitrogens with one attached hydrogen (secondary N) is 1. The molecule has 0 bridgehead atoms. The second-order valence-electron chi connectivity index (χ2n) is 9.02. The number of carbonyl (C=O) groups excluding carboxylic acids is 1. The van der Waals surface area contributed by atoms with Gasteiger partial charge in [0.05, 0.1) is 22.6 Å². The average Bonchev–Trinajstić information content (AvgIpc) is 2.71. The lowest BCUT2D eigenvalue weighted by molar-refractivity contribution is -0.122. The highest BCUT2D eigenvalue weighted by Crippen LogP contribution is 2.49. The van der Waals surface area contributed by atoms with Crippen LogP contribution in [0.4, 0.5) is 0 Å².